The molecule has 2 aromatic heterocycles. The molecule has 0 bridgehead atoms. The number of hydrogen-bond acceptors (Lipinski definition) is 3. The Hall–Kier alpha value is -2.11. The van der Waals surface area contributed by atoms with Crippen molar-refractivity contribution in [2.24, 2.45) is 0 Å². The van der Waals surface area contributed by atoms with E-state index in [-0.39, 0.29) is 10.7 Å². The van der Waals surface area contributed by atoms with Crippen molar-refractivity contribution in [3.8, 4) is 17.3 Å². The highest BCUT2D eigenvalue weighted by molar-refractivity contribution is 6.32. The highest BCUT2D eigenvalue weighted by Crippen LogP contribution is 2.35. The maximum atomic E-state index is 14.5. The van der Waals surface area contributed by atoms with E-state index in [2.05, 4.69) is 10.1 Å². The number of halogens is 3. The predicted molar refractivity (Wildman–Crippen MR) is 94.5 cm³/mol. The van der Waals surface area contributed by atoms with Crippen LogP contribution in [0.3, 0.4) is 0 Å². The maximum Gasteiger partial charge on any atom is 0.219 e. The van der Waals surface area contributed by atoms with Crippen molar-refractivity contribution in [1.29, 1.82) is 0 Å². The van der Waals surface area contributed by atoms with Crippen LogP contribution in [0.25, 0.3) is 5.69 Å². The quantitative estimate of drug-likeness (QED) is 0.614. The number of rotatable bonds is 3. The molecule has 4 rings (SSSR count). The Bertz CT molecular complexity index is 928. The van der Waals surface area contributed by atoms with E-state index in [9.17, 15) is 4.39 Å². The molecule has 0 aliphatic heterocycles. The zero-order valence-corrected chi connectivity index (χ0v) is 14.7. The molecule has 4 nitrogen and oxygen atoms in total. The van der Waals surface area contributed by atoms with Crippen molar-refractivity contribution in [2.75, 3.05) is 0 Å². The van der Waals surface area contributed by atoms with Gasteiger partial charge in [-0.25, -0.2) is 14.1 Å². The Labute approximate surface area is 154 Å². The van der Waals surface area contributed by atoms with Gasteiger partial charge in [-0.1, -0.05) is 29.3 Å². The molecule has 1 aliphatic rings. The summed E-state index contributed by atoms with van der Waals surface area (Å²) in [6.45, 7) is 0. The fourth-order valence-electron chi connectivity index (χ4n) is 2.95. The number of ether oxygens (including phenoxy) is 1. The number of aromatic nitrogens is 3. The summed E-state index contributed by atoms with van der Waals surface area (Å²) in [5.41, 5.74) is 2.13. The van der Waals surface area contributed by atoms with Gasteiger partial charge in [0.1, 0.15) is 16.6 Å². The highest BCUT2D eigenvalue weighted by atomic mass is 35.5. The van der Waals surface area contributed by atoms with Crippen molar-refractivity contribution in [1.82, 2.24) is 14.8 Å². The van der Waals surface area contributed by atoms with Crippen molar-refractivity contribution >= 4 is 23.2 Å². The molecule has 0 amide bonds. The Balaban J connectivity index is 1.78. The number of pyridine rings is 1. The van der Waals surface area contributed by atoms with E-state index in [1.165, 1.54) is 16.8 Å². The first kappa shape index (κ1) is 16.4. The highest BCUT2D eigenvalue weighted by Gasteiger charge is 2.22. The van der Waals surface area contributed by atoms with Gasteiger partial charge in [-0.2, -0.15) is 5.10 Å². The van der Waals surface area contributed by atoms with E-state index in [4.69, 9.17) is 27.9 Å². The van der Waals surface area contributed by atoms with Gasteiger partial charge in [0.05, 0.1) is 10.7 Å². The fraction of sp³-hybridized carbons (Fsp3) is 0.222. The average molecular weight is 378 g/mol. The van der Waals surface area contributed by atoms with Crippen molar-refractivity contribution < 1.29 is 9.13 Å². The molecule has 2 heterocycles. The van der Waals surface area contributed by atoms with Gasteiger partial charge in [-0.3, -0.25) is 0 Å². The summed E-state index contributed by atoms with van der Waals surface area (Å²) in [7, 11) is 0. The van der Waals surface area contributed by atoms with E-state index in [1.54, 1.807) is 24.4 Å². The second-order valence-corrected chi connectivity index (χ2v) is 6.60. The third-order valence-electron chi connectivity index (χ3n) is 4.18. The number of hydrogen-bond donors (Lipinski definition) is 0. The third-order valence-corrected chi connectivity index (χ3v) is 4.86. The lowest BCUT2D eigenvalue weighted by Crippen LogP contribution is -2.02. The molecule has 128 valence electrons. The largest absolute Gasteiger partial charge is 0.437 e. The Morgan fingerprint density at radius 1 is 1.12 bits per heavy atom. The summed E-state index contributed by atoms with van der Waals surface area (Å²) in [5.74, 6) is 0.147. The first-order valence-corrected chi connectivity index (χ1v) is 8.73. The average Bonchev–Trinajstić information content (AvgIpc) is 2.95. The molecular weight excluding hydrogens is 364 g/mol. The zero-order chi connectivity index (χ0) is 17.4. The van der Waals surface area contributed by atoms with Crippen LogP contribution < -0.4 is 4.74 Å². The molecule has 3 aromatic rings. The summed E-state index contributed by atoms with van der Waals surface area (Å²) in [4.78, 5) is 4.09. The van der Waals surface area contributed by atoms with Crippen molar-refractivity contribution in [2.45, 2.75) is 25.7 Å². The second kappa shape index (κ2) is 6.65. The summed E-state index contributed by atoms with van der Waals surface area (Å²) in [6.07, 6.45) is 5.45. The van der Waals surface area contributed by atoms with Crippen molar-refractivity contribution in [3.05, 3.63) is 63.8 Å². The van der Waals surface area contributed by atoms with Gasteiger partial charge in [0.2, 0.25) is 5.88 Å². The van der Waals surface area contributed by atoms with Gasteiger partial charge in [0.25, 0.3) is 0 Å². The van der Waals surface area contributed by atoms with Crippen LogP contribution in [-0.2, 0) is 12.8 Å². The lowest BCUT2D eigenvalue weighted by atomic mass is 9.99. The zero-order valence-electron chi connectivity index (χ0n) is 13.2. The first-order chi connectivity index (χ1) is 12.1. The lowest BCUT2D eigenvalue weighted by Gasteiger charge is -2.11. The fourth-order valence-corrected chi connectivity index (χ4v) is 3.47. The predicted octanol–water partition coefficient (Wildman–Crippen LogP) is 5.38. The van der Waals surface area contributed by atoms with Crippen LogP contribution in [0.2, 0.25) is 10.2 Å². The molecule has 25 heavy (non-hydrogen) atoms. The van der Waals surface area contributed by atoms with E-state index in [0.717, 1.165) is 36.9 Å². The van der Waals surface area contributed by atoms with Gasteiger partial charge < -0.3 is 4.74 Å². The Kier molecular flexibility index (Phi) is 4.36. The second-order valence-electron chi connectivity index (χ2n) is 5.84. The minimum absolute atomic E-state index is 0.153. The molecule has 1 aliphatic carbocycles. The molecule has 0 fully saturated rings. The molecule has 7 heteroatoms. The molecule has 1 aromatic carbocycles. The van der Waals surface area contributed by atoms with Gasteiger partial charge in [-0.15, -0.1) is 0 Å². The van der Waals surface area contributed by atoms with Gasteiger partial charge >= 0.3 is 0 Å². The van der Waals surface area contributed by atoms with Gasteiger partial charge in [-0.05, 0) is 37.8 Å². The maximum absolute atomic E-state index is 14.5. The van der Waals surface area contributed by atoms with Crippen LogP contribution in [0.15, 0.2) is 36.5 Å². The van der Waals surface area contributed by atoms with E-state index >= 15 is 0 Å². The molecule has 0 radical (unpaired) electrons. The Morgan fingerprint density at radius 3 is 2.72 bits per heavy atom. The van der Waals surface area contributed by atoms with Crippen LogP contribution >= 0.6 is 23.2 Å². The summed E-state index contributed by atoms with van der Waals surface area (Å²) in [6, 6.07) is 7.96. The molecular formula is C18H14Cl2FN3O. The van der Waals surface area contributed by atoms with Gasteiger partial charge in [0.15, 0.2) is 5.82 Å². The third kappa shape index (κ3) is 3.10. The van der Waals surface area contributed by atoms with Crippen LogP contribution in [0.1, 0.15) is 24.1 Å². The first-order valence-electron chi connectivity index (χ1n) is 7.98. The molecule has 0 unspecified atom stereocenters. The summed E-state index contributed by atoms with van der Waals surface area (Å²) >= 11 is 12.6. The van der Waals surface area contributed by atoms with Crippen molar-refractivity contribution in [3.63, 3.8) is 0 Å². The van der Waals surface area contributed by atoms with Crippen LogP contribution in [0, 0.1) is 5.82 Å². The minimum atomic E-state index is -0.514. The monoisotopic (exact) mass is 377 g/mol. The minimum Gasteiger partial charge on any atom is -0.437 e. The number of fused-ring (bicyclic) bond motifs is 1. The van der Waals surface area contributed by atoms with Crippen LogP contribution in [0.4, 0.5) is 4.39 Å². The van der Waals surface area contributed by atoms with Gasteiger partial charge in [0, 0.05) is 23.9 Å². The smallest absolute Gasteiger partial charge is 0.219 e. The van der Waals surface area contributed by atoms with E-state index in [0.29, 0.717) is 16.8 Å². The van der Waals surface area contributed by atoms with E-state index in [1.807, 2.05) is 0 Å². The Morgan fingerprint density at radius 2 is 1.96 bits per heavy atom. The lowest BCUT2D eigenvalue weighted by molar-refractivity contribution is 0.460. The molecule has 0 N–H and O–H groups in total. The topological polar surface area (TPSA) is 39.9 Å². The summed E-state index contributed by atoms with van der Waals surface area (Å²) in [5, 5.41) is 5.09. The summed E-state index contributed by atoms with van der Waals surface area (Å²) < 4.78 is 21.6. The van der Waals surface area contributed by atoms with Crippen LogP contribution in [0.5, 0.6) is 11.6 Å². The SMILES string of the molecule is Fc1cc(Cl)c(Oc2ccccn2)cc1-n1nc2c(c1Cl)CCCC2. The molecule has 0 atom stereocenters. The number of nitrogens with zero attached hydrogens (tertiary/aromatic N) is 3. The molecule has 0 saturated heterocycles. The molecule has 0 saturated carbocycles. The normalized spacial score (nSPS) is 13.6. The molecule has 0 spiro atoms. The van der Waals surface area contributed by atoms with Crippen LogP contribution in [-0.4, -0.2) is 14.8 Å². The van der Waals surface area contributed by atoms with E-state index < -0.39 is 5.82 Å². The standard InChI is InChI=1S/C18H14Cl2FN3O/c19-12-9-13(21)15(10-16(12)25-17-7-3-4-8-22-17)24-18(20)11-5-1-2-6-14(11)23-24/h3-4,7-10H,1-2,5-6H2. The number of aryl methyl sites for hydroxylation is 1. The number of benzene rings is 1.